The van der Waals surface area contributed by atoms with Gasteiger partial charge in [-0.25, -0.2) is 0 Å². The van der Waals surface area contributed by atoms with Crippen molar-refractivity contribution < 1.29 is 14.3 Å². The van der Waals surface area contributed by atoms with Crippen LogP contribution in [0.25, 0.3) is 0 Å². The summed E-state index contributed by atoms with van der Waals surface area (Å²) >= 11 is 6.00. The lowest BCUT2D eigenvalue weighted by atomic mass is 9.87. The van der Waals surface area contributed by atoms with E-state index in [9.17, 15) is 9.59 Å². The van der Waals surface area contributed by atoms with Gasteiger partial charge in [0.15, 0.2) is 0 Å². The summed E-state index contributed by atoms with van der Waals surface area (Å²) < 4.78 is 5.24. The number of halogens is 1. The van der Waals surface area contributed by atoms with E-state index in [4.69, 9.17) is 16.3 Å². The first-order chi connectivity index (χ1) is 14.0. The Kier molecular flexibility index (Phi) is 7.87. The molecule has 0 saturated heterocycles. The van der Waals surface area contributed by atoms with Crippen molar-refractivity contribution in [2.75, 3.05) is 31.3 Å². The minimum Gasteiger partial charge on any atom is -0.495 e. The van der Waals surface area contributed by atoms with Crippen molar-refractivity contribution in [1.82, 2.24) is 4.90 Å². The second kappa shape index (κ2) is 9.96. The van der Waals surface area contributed by atoms with Gasteiger partial charge in [0.25, 0.3) is 0 Å². The van der Waals surface area contributed by atoms with Crippen molar-refractivity contribution in [2.45, 2.75) is 39.2 Å². The van der Waals surface area contributed by atoms with E-state index in [1.165, 1.54) is 12.7 Å². The molecule has 0 fully saturated rings. The third-order valence-electron chi connectivity index (χ3n) is 4.89. The fraction of sp³-hybridized carbons (Fsp3) is 0.391. The van der Waals surface area contributed by atoms with Crippen LogP contribution in [0.1, 0.15) is 33.3 Å². The summed E-state index contributed by atoms with van der Waals surface area (Å²) in [6, 6.07) is 12.3. The Labute approximate surface area is 183 Å². The predicted molar refractivity (Wildman–Crippen MR) is 122 cm³/mol. The maximum absolute atomic E-state index is 12.6. The van der Waals surface area contributed by atoms with Crippen LogP contribution < -0.4 is 15.4 Å². The maximum Gasteiger partial charge on any atom is 0.241 e. The van der Waals surface area contributed by atoms with Gasteiger partial charge in [-0.15, -0.1) is 0 Å². The van der Waals surface area contributed by atoms with E-state index in [0.29, 0.717) is 16.5 Å². The zero-order valence-corrected chi connectivity index (χ0v) is 19.1. The molecule has 2 N–H and O–H groups in total. The lowest BCUT2D eigenvalue weighted by Crippen LogP contribution is -2.43. The topological polar surface area (TPSA) is 70.7 Å². The van der Waals surface area contributed by atoms with Crippen molar-refractivity contribution in [3.63, 3.8) is 0 Å². The molecular formula is C23H30ClN3O3. The van der Waals surface area contributed by atoms with Gasteiger partial charge in [-0.3, -0.25) is 14.5 Å². The Bertz CT molecular complexity index is 892. The average molecular weight is 432 g/mol. The minimum atomic E-state index is -0.501. The Balaban J connectivity index is 1.94. The van der Waals surface area contributed by atoms with Gasteiger partial charge in [0.05, 0.1) is 25.4 Å². The molecule has 0 aliphatic carbocycles. The highest BCUT2D eigenvalue weighted by Gasteiger charge is 2.21. The van der Waals surface area contributed by atoms with Gasteiger partial charge in [0.2, 0.25) is 11.8 Å². The van der Waals surface area contributed by atoms with Crippen molar-refractivity contribution >= 4 is 34.8 Å². The van der Waals surface area contributed by atoms with Gasteiger partial charge in [0.1, 0.15) is 5.75 Å². The van der Waals surface area contributed by atoms with Crippen LogP contribution in [0.3, 0.4) is 0 Å². The van der Waals surface area contributed by atoms with Crippen molar-refractivity contribution in [3.8, 4) is 5.75 Å². The molecule has 2 aromatic carbocycles. The zero-order valence-electron chi connectivity index (χ0n) is 18.4. The van der Waals surface area contributed by atoms with Gasteiger partial charge >= 0.3 is 0 Å². The van der Waals surface area contributed by atoms with E-state index in [1.807, 2.05) is 24.3 Å². The van der Waals surface area contributed by atoms with E-state index in [0.717, 1.165) is 5.69 Å². The second-order valence-corrected chi connectivity index (χ2v) is 8.74. The molecule has 7 heteroatoms. The molecule has 162 valence electrons. The molecule has 2 aromatic rings. The molecule has 0 aliphatic heterocycles. The molecule has 0 unspecified atom stereocenters. The highest BCUT2D eigenvalue weighted by Crippen LogP contribution is 2.27. The summed E-state index contributed by atoms with van der Waals surface area (Å²) in [4.78, 5) is 26.7. The molecule has 0 radical (unpaired) electrons. The fourth-order valence-electron chi connectivity index (χ4n) is 2.83. The normalized spacial score (nSPS) is 12.4. The number of anilines is 2. The minimum absolute atomic E-state index is 0.0349. The van der Waals surface area contributed by atoms with Gasteiger partial charge in [-0.2, -0.15) is 0 Å². The Hall–Kier alpha value is -2.57. The third-order valence-corrected chi connectivity index (χ3v) is 5.12. The van der Waals surface area contributed by atoms with Crippen LogP contribution in [0.4, 0.5) is 11.4 Å². The quantitative estimate of drug-likeness (QED) is 0.675. The first-order valence-corrected chi connectivity index (χ1v) is 10.1. The van der Waals surface area contributed by atoms with Gasteiger partial charge in [-0.1, -0.05) is 44.5 Å². The van der Waals surface area contributed by atoms with Gasteiger partial charge in [0, 0.05) is 10.7 Å². The smallest absolute Gasteiger partial charge is 0.241 e. The summed E-state index contributed by atoms with van der Waals surface area (Å²) in [7, 11) is 3.24. The molecular weight excluding hydrogens is 402 g/mol. The number of methoxy groups -OCH3 is 1. The number of hydrogen-bond donors (Lipinski definition) is 2. The molecule has 1 atom stereocenters. The van der Waals surface area contributed by atoms with E-state index >= 15 is 0 Å². The van der Waals surface area contributed by atoms with Crippen LogP contribution in [-0.4, -0.2) is 43.5 Å². The largest absolute Gasteiger partial charge is 0.495 e. The molecule has 2 amide bonds. The van der Waals surface area contributed by atoms with Crippen LogP contribution in [0, 0.1) is 0 Å². The van der Waals surface area contributed by atoms with Crippen LogP contribution in [0.15, 0.2) is 42.5 Å². The molecule has 6 nitrogen and oxygen atoms in total. The number of hydrogen-bond acceptors (Lipinski definition) is 4. The summed E-state index contributed by atoms with van der Waals surface area (Å²) in [6.45, 7) is 8.21. The highest BCUT2D eigenvalue weighted by molar-refractivity contribution is 6.31. The number of benzene rings is 2. The predicted octanol–water partition coefficient (Wildman–Crippen LogP) is 4.54. The monoisotopic (exact) mass is 431 g/mol. The Morgan fingerprint density at radius 2 is 1.73 bits per heavy atom. The standard InChI is InChI=1S/C23H30ClN3O3/c1-15(22(29)25-18-10-7-16(8-11-18)23(2,3)4)27(5)14-21(28)26-19-13-17(24)9-12-20(19)30-6/h7-13,15H,14H2,1-6H3,(H,25,29)(H,26,28)/t15-/m0/s1. The number of amides is 2. The van der Waals surface area contributed by atoms with Gasteiger partial charge < -0.3 is 15.4 Å². The van der Waals surface area contributed by atoms with Crippen LogP contribution in [0.5, 0.6) is 5.75 Å². The van der Waals surface area contributed by atoms with Crippen LogP contribution in [0.2, 0.25) is 5.02 Å². The average Bonchev–Trinajstić information content (AvgIpc) is 2.67. The van der Waals surface area contributed by atoms with Crippen molar-refractivity contribution in [2.24, 2.45) is 0 Å². The molecule has 0 bridgehead atoms. The lowest BCUT2D eigenvalue weighted by molar-refractivity contribution is -0.122. The van der Waals surface area contributed by atoms with E-state index < -0.39 is 6.04 Å². The molecule has 0 heterocycles. The molecule has 0 spiro atoms. The number of carbonyl (C=O) groups excluding carboxylic acids is 2. The summed E-state index contributed by atoms with van der Waals surface area (Å²) in [5.41, 5.74) is 2.45. The summed E-state index contributed by atoms with van der Waals surface area (Å²) in [6.07, 6.45) is 0. The first-order valence-electron chi connectivity index (χ1n) is 9.76. The van der Waals surface area contributed by atoms with E-state index in [-0.39, 0.29) is 23.8 Å². The van der Waals surface area contributed by atoms with Crippen molar-refractivity contribution in [1.29, 1.82) is 0 Å². The number of ether oxygens (including phenoxy) is 1. The number of nitrogens with one attached hydrogen (secondary N) is 2. The molecule has 2 rings (SSSR count). The molecule has 0 saturated carbocycles. The highest BCUT2D eigenvalue weighted by atomic mass is 35.5. The number of rotatable bonds is 7. The summed E-state index contributed by atoms with van der Waals surface area (Å²) in [5, 5.41) is 6.17. The number of nitrogens with zero attached hydrogens (tertiary/aromatic N) is 1. The molecule has 30 heavy (non-hydrogen) atoms. The Morgan fingerprint density at radius 3 is 2.30 bits per heavy atom. The van der Waals surface area contributed by atoms with Crippen LogP contribution >= 0.6 is 11.6 Å². The Morgan fingerprint density at radius 1 is 1.10 bits per heavy atom. The van der Waals surface area contributed by atoms with Gasteiger partial charge in [-0.05, 0) is 55.3 Å². The maximum atomic E-state index is 12.6. The van der Waals surface area contributed by atoms with Crippen molar-refractivity contribution in [3.05, 3.63) is 53.1 Å². The molecule has 0 aliphatic rings. The fourth-order valence-corrected chi connectivity index (χ4v) is 3.00. The molecule has 0 aromatic heterocycles. The SMILES string of the molecule is COc1ccc(Cl)cc1NC(=O)CN(C)[C@@H](C)C(=O)Nc1ccc(C(C)(C)C)cc1. The first kappa shape index (κ1) is 23.7. The van der Waals surface area contributed by atoms with E-state index in [2.05, 4.69) is 31.4 Å². The number of likely N-dealkylation sites (N-methyl/N-ethyl adjacent to an activating group) is 1. The number of carbonyl (C=O) groups is 2. The third kappa shape index (κ3) is 6.47. The summed E-state index contributed by atoms with van der Waals surface area (Å²) in [5.74, 6) is 0.0567. The second-order valence-electron chi connectivity index (χ2n) is 8.30. The van der Waals surface area contributed by atoms with E-state index in [1.54, 1.807) is 37.1 Å². The zero-order chi connectivity index (χ0) is 22.5. The van der Waals surface area contributed by atoms with Crippen LogP contribution in [-0.2, 0) is 15.0 Å². The lowest BCUT2D eigenvalue weighted by Gasteiger charge is -2.24.